The van der Waals surface area contributed by atoms with Gasteiger partial charge in [-0.05, 0) is 31.3 Å². The number of anilines is 3. The summed E-state index contributed by atoms with van der Waals surface area (Å²) in [5.74, 6) is 2.80. The van der Waals surface area contributed by atoms with Crippen LogP contribution in [0.4, 0.5) is 17.5 Å². The summed E-state index contributed by atoms with van der Waals surface area (Å²) >= 11 is 0. The minimum atomic E-state index is 0.642. The average Bonchev–Trinajstić information content (AvgIpc) is 2.71. The number of benzene rings is 2. The predicted octanol–water partition coefficient (Wildman–Crippen LogP) is 3.16. The van der Waals surface area contributed by atoms with Gasteiger partial charge in [-0.1, -0.05) is 30.3 Å². The maximum Gasteiger partial charge on any atom is 0.247 e. The molecule has 0 bridgehead atoms. The van der Waals surface area contributed by atoms with Crippen LogP contribution < -0.4 is 15.0 Å². The molecule has 138 valence electrons. The van der Waals surface area contributed by atoms with Crippen LogP contribution in [-0.2, 0) is 0 Å². The van der Waals surface area contributed by atoms with Gasteiger partial charge in [-0.25, -0.2) is 0 Å². The fourth-order valence-electron chi connectivity index (χ4n) is 2.91. The van der Waals surface area contributed by atoms with E-state index in [2.05, 4.69) is 37.3 Å². The number of aromatic nitrogens is 3. The molecule has 1 aliphatic rings. The number of ether oxygens (including phenoxy) is 1. The van der Waals surface area contributed by atoms with Crippen molar-refractivity contribution < 1.29 is 4.74 Å². The summed E-state index contributed by atoms with van der Waals surface area (Å²) in [6, 6.07) is 17.5. The van der Waals surface area contributed by atoms with Gasteiger partial charge in [0.1, 0.15) is 5.75 Å². The molecule has 2 aromatic carbocycles. The van der Waals surface area contributed by atoms with Gasteiger partial charge in [0.15, 0.2) is 11.6 Å². The summed E-state index contributed by atoms with van der Waals surface area (Å²) < 4.78 is 6.00. The molecule has 7 heteroatoms. The Hall–Kier alpha value is -3.19. The molecular formula is C20H22N6O. The van der Waals surface area contributed by atoms with Gasteiger partial charge in [-0.3, -0.25) is 0 Å². The fraction of sp³-hybridized carbons (Fsp3) is 0.250. The first-order chi connectivity index (χ1) is 13.3. The minimum Gasteiger partial charge on any atom is -0.455 e. The van der Waals surface area contributed by atoms with Crippen LogP contribution in [0.5, 0.6) is 11.5 Å². The van der Waals surface area contributed by atoms with Crippen LogP contribution in [0.15, 0.2) is 60.8 Å². The first-order valence-electron chi connectivity index (χ1n) is 9.00. The number of para-hydroxylation sites is 3. The Morgan fingerprint density at radius 1 is 0.926 bits per heavy atom. The van der Waals surface area contributed by atoms with Crippen LogP contribution in [0.2, 0.25) is 0 Å². The Morgan fingerprint density at radius 3 is 2.48 bits per heavy atom. The van der Waals surface area contributed by atoms with Crippen LogP contribution in [0.25, 0.3) is 0 Å². The molecule has 0 atom stereocenters. The Morgan fingerprint density at radius 2 is 1.67 bits per heavy atom. The molecule has 2 heterocycles. The Bertz CT molecular complexity index is 880. The van der Waals surface area contributed by atoms with Gasteiger partial charge in [0.05, 0.1) is 11.9 Å². The maximum atomic E-state index is 6.00. The molecule has 0 amide bonds. The largest absolute Gasteiger partial charge is 0.455 e. The Balaban J connectivity index is 1.52. The van der Waals surface area contributed by atoms with Crippen LogP contribution in [0.3, 0.4) is 0 Å². The lowest BCUT2D eigenvalue weighted by Crippen LogP contribution is -2.45. The number of nitrogens with zero attached hydrogens (tertiary/aromatic N) is 5. The molecule has 1 saturated heterocycles. The van der Waals surface area contributed by atoms with Crippen molar-refractivity contribution in [3.05, 3.63) is 60.8 Å². The number of likely N-dealkylation sites (N-methyl/N-ethyl adjacent to an activating group) is 1. The van der Waals surface area contributed by atoms with Crippen molar-refractivity contribution in [2.24, 2.45) is 0 Å². The molecule has 3 aromatic rings. The van der Waals surface area contributed by atoms with Crippen molar-refractivity contribution in [2.45, 2.75) is 0 Å². The van der Waals surface area contributed by atoms with Gasteiger partial charge in [-0.2, -0.15) is 10.1 Å². The predicted molar refractivity (Wildman–Crippen MR) is 106 cm³/mol. The summed E-state index contributed by atoms with van der Waals surface area (Å²) in [6.07, 6.45) is 1.62. The minimum absolute atomic E-state index is 0.642. The highest BCUT2D eigenvalue weighted by molar-refractivity contribution is 5.64. The normalized spacial score (nSPS) is 14.8. The van der Waals surface area contributed by atoms with E-state index in [-0.39, 0.29) is 0 Å². The highest BCUT2D eigenvalue weighted by atomic mass is 16.5. The number of piperazine rings is 1. The molecule has 0 saturated carbocycles. The maximum absolute atomic E-state index is 6.00. The van der Waals surface area contributed by atoms with Crippen molar-refractivity contribution in [1.82, 2.24) is 20.1 Å². The molecule has 1 fully saturated rings. The van der Waals surface area contributed by atoms with Gasteiger partial charge in [-0.15, -0.1) is 5.10 Å². The van der Waals surface area contributed by atoms with Crippen molar-refractivity contribution >= 4 is 17.5 Å². The highest BCUT2D eigenvalue weighted by Gasteiger charge is 2.17. The second-order valence-electron chi connectivity index (χ2n) is 6.47. The van der Waals surface area contributed by atoms with Gasteiger partial charge in [0.25, 0.3) is 0 Å². The third-order valence-corrected chi connectivity index (χ3v) is 4.45. The third-order valence-electron chi connectivity index (χ3n) is 4.45. The zero-order chi connectivity index (χ0) is 18.5. The lowest BCUT2D eigenvalue weighted by atomic mass is 10.3. The highest BCUT2D eigenvalue weighted by Crippen LogP contribution is 2.31. The molecule has 27 heavy (non-hydrogen) atoms. The van der Waals surface area contributed by atoms with E-state index < -0.39 is 0 Å². The SMILES string of the molecule is CN1CCN(c2nncc(Nc3ccccc3Oc3ccccc3)n2)CC1. The lowest BCUT2D eigenvalue weighted by molar-refractivity contribution is 0.311. The number of hydrogen-bond acceptors (Lipinski definition) is 7. The average molecular weight is 362 g/mol. The summed E-state index contributed by atoms with van der Waals surface area (Å²) in [7, 11) is 2.12. The van der Waals surface area contributed by atoms with E-state index >= 15 is 0 Å². The Labute approximate surface area is 158 Å². The lowest BCUT2D eigenvalue weighted by Gasteiger charge is -2.32. The molecule has 1 N–H and O–H groups in total. The second kappa shape index (κ2) is 8.01. The van der Waals surface area contributed by atoms with Gasteiger partial charge in [0.2, 0.25) is 5.95 Å². The van der Waals surface area contributed by atoms with E-state index in [9.17, 15) is 0 Å². The topological polar surface area (TPSA) is 66.4 Å². The van der Waals surface area contributed by atoms with Gasteiger partial charge >= 0.3 is 0 Å². The molecule has 1 aliphatic heterocycles. The van der Waals surface area contributed by atoms with Crippen LogP contribution >= 0.6 is 0 Å². The van der Waals surface area contributed by atoms with Crippen molar-refractivity contribution in [2.75, 3.05) is 43.4 Å². The summed E-state index contributed by atoms with van der Waals surface area (Å²) in [6.45, 7) is 3.79. The summed E-state index contributed by atoms with van der Waals surface area (Å²) in [5, 5.41) is 11.6. The van der Waals surface area contributed by atoms with E-state index in [0.29, 0.717) is 11.8 Å². The quantitative estimate of drug-likeness (QED) is 0.748. The standard InChI is InChI=1S/C20H22N6O/c1-25-11-13-26(14-12-25)20-23-19(15-21-24-20)22-17-9-5-6-10-18(17)27-16-7-3-2-4-8-16/h2-10,15H,11-14H2,1H3,(H,22,23,24). The molecule has 0 spiro atoms. The van der Waals surface area contributed by atoms with Crippen LogP contribution in [0.1, 0.15) is 0 Å². The van der Waals surface area contributed by atoms with Gasteiger partial charge in [0, 0.05) is 26.2 Å². The van der Waals surface area contributed by atoms with Crippen LogP contribution in [-0.4, -0.2) is 53.3 Å². The third kappa shape index (κ3) is 4.32. The zero-order valence-electron chi connectivity index (χ0n) is 15.2. The van der Waals surface area contributed by atoms with E-state index in [1.54, 1.807) is 6.20 Å². The smallest absolute Gasteiger partial charge is 0.247 e. The van der Waals surface area contributed by atoms with E-state index in [1.165, 1.54) is 0 Å². The molecule has 0 aliphatic carbocycles. The monoisotopic (exact) mass is 362 g/mol. The van der Waals surface area contributed by atoms with Crippen molar-refractivity contribution in [3.63, 3.8) is 0 Å². The molecule has 0 radical (unpaired) electrons. The van der Waals surface area contributed by atoms with Crippen molar-refractivity contribution in [3.8, 4) is 11.5 Å². The summed E-state index contributed by atoms with van der Waals surface area (Å²) in [4.78, 5) is 9.08. The first-order valence-corrected chi connectivity index (χ1v) is 9.00. The fourth-order valence-corrected chi connectivity index (χ4v) is 2.91. The second-order valence-corrected chi connectivity index (χ2v) is 6.47. The van der Waals surface area contributed by atoms with E-state index in [4.69, 9.17) is 4.74 Å². The molecule has 1 aromatic heterocycles. The summed E-state index contributed by atoms with van der Waals surface area (Å²) in [5.41, 5.74) is 0.825. The molecule has 7 nitrogen and oxygen atoms in total. The van der Waals surface area contributed by atoms with E-state index in [1.807, 2.05) is 54.6 Å². The van der Waals surface area contributed by atoms with Gasteiger partial charge < -0.3 is 19.9 Å². The molecular weight excluding hydrogens is 340 g/mol. The first kappa shape index (κ1) is 17.2. The number of hydrogen-bond donors (Lipinski definition) is 1. The van der Waals surface area contributed by atoms with Crippen LogP contribution in [0, 0.1) is 0 Å². The number of rotatable bonds is 5. The zero-order valence-corrected chi connectivity index (χ0v) is 15.2. The molecule has 0 unspecified atom stereocenters. The Kier molecular flexibility index (Phi) is 5.11. The van der Waals surface area contributed by atoms with E-state index in [0.717, 1.165) is 43.4 Å². The molecule has 4 rings (SSSR count). The van der Waals surface area contributed by atoms with Crippen molar-refractivity contribution in [1.29, 1.82) is 0 Å². The number of nitrogens with one attached hydrogen (secondary N) is 1.